The van der Waals surface area contributed by atoms with Gasteiger partial charge in [0.15, 0.2) is 0 Å². The van der Waals surface area contributed by atoms with Crippen molar-refractivity contribution in [2.24, 2.45) is 17.6 Å². The first-order valence-corrected chi connectivity index (χ1v) is 7.85. The average Bonchev–Trinajstić information content (AvgIpc) is 3.28. The van der Waals surface area contributed by atoms with Crippen LogP contribution in [-0.4, -0.2) is 40.5 Å². The highest BCUT2D eigenvalue weighted by Gasteiger charge is 2.52. The van der Waals surface area contributed by atoms with Gasteiger partial charge >= 0.3 is 5.97 Å². The average molecular weight is 311 g/mol. The Balaban J connectivity index is 1.91. The second kappa shape index (κ2) is 6.24. The topological polar surface area (TPSA) is 122 Å². The molecule has 0 bridgehead atoms. The molecule has 0 aromatic carbocycles. The predicted octanol–water partition coefficient (Wildman–Crippen LogP) is -0.0120. The third-order valence-electron chi connectivity index (χ3n) is 4.42. The second-order valence-electron chi connectivity index (χ2n) is 6.86. The largest absolute Gasteiger partial charge is 0.481 e. The molecular formula is C15H25N3O4. The van der Waals surface area contributed by atoms with Gasteiger partial charge in [-0.25, -0.2) is 0 Å². The first-order chi connectivity index (χ1) is 10.2. The van der Waals surface area contributed by atoms with Crippen LogP contribution in [0.5, 0.6) is 0 Å². The van der Waals surface area contributed by atoms with Gasteiger partial charge in [-0.2, -0.15) is 0 Å². The molecule has 22 heavy (non-hydrogen) atoms. The lowest BCUT2D eigenvalue weighted by Gasteiger charge is -2.26. The molecule has 7 heteroatoms. The van der Waals surface area contributed by atoms with Gasteiger partial charge in [0.2, 0.25) is 11.8 Å². The summed E-state index contributed by atoms with van der Waals surface area (Å²) < 4.78 is 0. The Morgan fingerprint density at radius 1 is 1.27 bits per heavy atom. The van der Waals surface area contributed by atoms with E-state index in [-0.39, 0.29) is 11.9 Å². The molecule has 2 saturated carbocycles. The van der Waals surface area contributed by atoms with Crippen LogP contribution in [0.25, 0.3) is 0 Å². The van der Waals surface area contributed by atoms with Gasteiger partial charge in [0.1, 0.15) is 5.54 Å². The van der Waals surface area contributed by atoms with E-state index in [0.717, 1.165) is 12.8 Å². The molecule has 0 heterocycles. The molecule has 2 aliphatic carbocycles. The number of carboxylic acids is 1. The van der Waals surface area contributed by atoms with Crippen molar-refractivity contribution in [3.8, 4) is 0 Å². The molecule has 7 nitrogen and oxygen atoms in total. The lowest BCUT2D eigenvalue weighted by atomic mass is 9.99. The SMILES string of the molecule is CC(C)C(NC(=O)C1(NC(=O)[C@@H](N)CC(=O)O)CC1)C1CC1. The van der Waals surface area contributed by atoms with E-state index >= 15 is 0 Å². The number of nitrogens with one attached hydrogen (secondary N) is 2. The molecule has 0 aromatic heterocycles. The van der Waals surface area contributed by atoms with Crippen molar-refractivity contribution >= 4 is 17.8 Å². The number of hydrogen-bond acceptors (Lipinski definition) is 4. The van der Waals surface area contributed by atoms with Crippen molar-refractivity contribution in [1.29, 1.82) is 0 Å². The summed E-state index contributed by atoms with van der Waals surface area (Å²) in [6.07, 6.45) is 2.96. The lowest BCUT2D eigenvalue weighted by Crippen LogP contribution is -2.56. The summed E-state index contributed by atoms with van der Waals surface area (Å²) in [5, 5.41) is 14.4. The minimum Gasteiger partial charge on any atom is -0.481 e. The first-order valence-electron chi connectivity index (χ1n) is 7.85. The molecule has 0 radical (unpaired) electrons. The quantitative estimate of drug-likeness (QED) is 0.502. The summed E-state index contributed by atoms with van der Waals surface area (Å²) in [5.41, 5.74) is 4.64. The van der Waals surface area contributed by atoms with Crippen LogP contribution >= 0.6 is 0 Å². The zero-order chi connectivity index (χ0) is 16.5. The van der Waals surface area contributed by atoms with Gasteiger partial charge in [0.25, 0.3) is 0 Å². The summed E-state index contributed by atoms with van der Waals surface area (Å²) in [4.78, 5) is 35.0. The number of amides is 2. The summed E-state index contributed by atoms with van der Waals surface area (Å²) >= 11 is 0. The van der Waals surface area contributed by atoms with Gasteiger partial charge in [-0.1, -0.05) is 13.8 Å². The maximum atomic E-state index is 12.5. The normalized spacial score (nSPS) is 21.8. The molecule has 0 saturated heterocycles. The molecule has 2 amide bonds. The molecule has 2 fully saturated rings. The molecule has 5 N–H and O–H groups in total. The summed E-state index contributed by atoms with van der Waals surface area (Å²) in [6, 6.07) is -0.998. The van der Waals surface area contributed by atoms with Gasteiger partial charge in [0.05, 0.1) is 12.5 Å². The fourth-order valence-electron chi connectivity index (χ4n) is 2.72. The Morgan fingerprint density at radius 3 is 2.27 bits per heavy atom. The number of carboxylic acid groups (broad SMARTS) is 1. The number of carbonyl (C=O) groups is 3. The van der Waals surface area contributed by atoms with Gasteiger partial charge in [-0.3, -0.25) is 14.4 Å². The maximum Gasteiger partial charge on any atom is 0.305 e. The van der Waals surface area contributed by atoms with Crippen LogP contribution in [0.3, 0.4) is 0 Å². The van der Waals surface area contributed by atoms with Crippen molar-refractivity contribution < 1.29 is 19.5 Å². The van der Waals surface area contributed by atoms with Crippen molar-refractivity contribution in [1.82, 2.24) is 10.6 Å². The number of nitrogens with two attached hydrogens (primary N) is 1. The minimum atomic E-state index is -1.13. The zero-order valence-corrected chi connectivity index (χ0v) is 13.1. The molecule has 0 spiro atoms. The van der Waals surface area contributed by atoms with Crippen molar-refractivity contribution in [2.45, 2.75) is 63.6 Å². The highest BCUT2D eigenvalue weighted by atomic mass is 16.4. The van der Waals surface area contributed by atoms with Crippen molar-refractivity contribution in [3.05, 3.63) is 0 Å². The van der Waals surface area contributed by atoms with Gasteiger partial charge in [-0.05, 0) is 37.5 Å². The summed E-state index contributed by atoms with van der Waals surface area (Å²) in [5.74, 6) is -1.01. The maximum absolute atomic E-state index is 12.5. The molecule has 124 valence electrons. The first kappa shape index (κ1) is 16.7. The van der Waals surface area contributed by atoms with E-state index in [0.29, 0.717) is 24.7 Å². The summed E-state index contributed by atoms with van der Waals surface area (Å²) in [6.45, 7) is 4.15. The number of aliphatic carboxylic acids is 1. The van der Waals surface area contributed by atoms with E-state index in [1.807, 2.05) is 0 Å². The van der Waals surface area contributed by atoms with Crippen LogP contribution in [0.15, 0.2) is 0 Å². The molecule has 1 unspecified atom stereocenters. The zero-order valence-electron chi connectivity index (χ0n) is 13.1. The van der Waals surface area contributed by atoms with Crippen molar-refractivity contribution in [2.75, 3.05) is 0 Å². The van der Waals surface area contributed by atoms with Gasteiger partial charge in [0, 0.05) is 6.04 Å². The van der Waals surface area contributed by atoms with Gasteiger partial charge in [-0.15, -0.1) is 0 Å². The van der Waals surface area contributed by atoms with E-state index in [2.05, 4.69) is 24.5 Å². The molecule has 0 aliphatic heterocycles. The van der Waals surface area contributed by atoms with Crippen LogP contribution in [0.4, 0.5) is 0 Å². The van der Waals surface area contributed by atoms with Crippen LogP contribution in [-0.2, 0) is 14.4 Å². The van der Waals surface area contributed by atoms with E-state index in [4.69, 9.17) is 10.8 Å². The monoisotopic (exact) mass is 311 g/mol. The van der Waals surface area contributed by atoms with Gasteiger partial charge < -0.3 is 21.5 Å². The standard InChI is InChI=1S/C15H25N3O4/c1-8(2)12(9-3-4-9)17-14(22)15(5-6-15)18-13(21)10(16)7-11(19)20/h8-10,12H,3-7,16H2,1-2H3,(H,17,22)(H,18,21)(H,19,20)/t10-,12?/m0/s1. The summed E-state index contributed by atoms with van der Waals surface area (Å²) in [7, 11) is 0. The van der Waals surface area contributed by atoms with E-state index in [1.54, 1.807) is 0 Å². The Labute approximate surface area is 130 Å². The van der Waals surface area contributed by atoms with Crippen LogP contribution in [0.1, 0.15) is 46.0 Å². The van der Waals surface area contributed by atoms with Crippen LogP contribution < -0.4 is 16.4 Å². The third kappa shape index (κ3) is 3.97. The fraction of sp³-hybridized carbons (Fsp3) is 0.800. The molecule has 2 atom stereocenters. The number of rotatable bonds is 8. The van der Waals surface area contributed by atoms with E-state index in [9.17, 15) is 14.4 Å². The number of hydrogen-bond donors (Lipinski definition) is 4. The second-order valence-corrected chi connectivity index (χ2v) is 6.86. The highest BCUT2D eigenvalue weighted by molar-refractivity contribution is 5.96. The third-order valence-corrected chi connectivity index (χ3v) is 4.42. The highest BCUT2D eigenvalue weighted by Crippen LogP contribution is 2.39. The Bertz CT molecular complexity index is 467. The fourth-order valence-corrected chi connectivity index (χ4v) is 2.72. The lowest BCUT2D eigenvalue weighted by molar-refractivity contribution is -0.139. The molecular weight excluding hydrogens is 286 g/mol. The predicted molar refractivity (Wildman–Crippen MR) is 79.8 cm³/mol. The Morgan fingerprint density at radius 2 is 1.86 bits per heavy atom. The van der Waals surface area contributed by atoms with E-state index < -0.39 is 29.9 Å². The van der Waals surface area contributed by atoms with Crippen LogP contribution in [0, 0.1) is 11.8 Å². The molecule has 2 rings (SSSR count). The van der Waals surface area contributed by atoms with Crippen LogP contribution in [0.2, 0.25) is 0 Å². The molecule has 2 aliphatic rings. The minimum absolute atomic E-state index is 0.134. The number of carbonyl (C=O) groups excluding carboxylic acids is 2. The Kier molecular flexibility index (Phi) is 4.75. The smallest absolute Gasteiger partial charge is 0.305 e. The molecule has 0 aromatic rings. The van der Waals surface area contributed by atoms with Crippen molar-refractivity contribution in [3.63, 3.8) is 0 Å². The Hall–Kier alpha value is -1.63. The van der Waals surface area contributed by atoms with E-state index in [1.165, 1.54) is 0 Å².